The van der Waals surface area contributed by atoms with Gasteiger partial charge in [-0.1, -0.05) is 0 Å². The number of halogens is 3. The van der Waals surface area contributed by atoms with Crippen molar-refractivity contribution in [3.63, 3.8) is 0 Å². The summed E-state index contributed by atoms with van der Waals surface area (Å²) in [5.41, 5.74) is -0.0409. The van der Waals surface area contributed by atoms with Crippen molar-refractivity contribution in [2.24, 2.45) is 7.05 Å². The summed E-state index contributed by atoms with van der Waals surface area (Å²) in [6.45, 7) is 1.80. The number of rotatable bonds is 3. The molecule has 0 radical (unpaired) electrons. The Morgan fingerprint density at radius 3 is 2.74 bits per heavy atom. The van der Waals surface area contributed by atoms with E-state index in [1.807, 2.05) is 11.4 Å². The molecule has 4 rings (SSSR count). The number of imidazole rings is 1. The summed E-state index contributed by atoms with van der Waals surface area (Å²) in [4.78, 5) is 13.2. The largest absolute Gasteiger partial charge is 0.611 e. The molecule has 140 valence electrons. The summed E-state index contributed by atoms with van der Waals surface area (Å²) in [5, 5.41) is 2.76. The Labute approximate surface area is 159 Å². The maximum Gasteiger partial charge on any atom is 0.417 e. The summed E-state index contributed by atoms with van der Waals surface area (Å²) in [7, 11) is 1.66. The molecule has 27 heavy (non-hydrogen) atoms. The molecule has 10 heteroatoms. The molecule has 0 fully saturated rings. The van der Waals surface area contributed by atoms with Crippen molar-refractivity contribution >= 4 is 43.8 Å². The predicted molar refractivity (Wildman–Crippen MR) is 99.1 cm³/mol. The van der Waals surface area contributed by atoms with Crippen LogP contribution in [0.4, 0.5) is 13.2 Å². The van der Waals surface area contributed by atoms with Crippen LogP contribution in [0, 0.1) is 0 Å². The molecule has 0 aliphatic heterocycles. The van der Waals surface area contributed by atoms with E-state index in [4.69, 9.17) is 0 Å². The summed E-state index contributed by atoms with van der Waals surface area (Å²) in [5.74, 6) is 0.732. The molecule has 0 N–H and O–H groups in total. The molecule has 0 bridgehead atoms. The van der Waals surface area contributed by atoms with E-state index in [9.17, 15) is 17.7 Å². The van der Waals surface area contributed by atoms with Crippen LogP contribution in [0.2, 0.25) is 0 Å². The minimum absolute atomic E-state index is 0.114. The zero-order valence-corrected chi connectivity index (χ0v) is 15.9. The lowest BCUT2D eigenvalue weighted by molar-refractivity contribution is -0.137. The van der Waals surface area contributed by atoms with Gasteiger partial charge in [-0.3, -0.25) is 0 Å². The Bertz CT molecular complexity index is 1150. The molecule has 0 aliphatic carbocycles. The van der Waals surface area contributed by atoms with Crippen molar-refractivity contribution in [1.82, 2.24) is 19.5 Å². The first kappa shape index (κ1) is 18.2. The maximum absolute atomic E-state index is 13.0. The molecule has 5 nitrogen and oxygen atoms in total. The Balaban J connectivity index is 1.98. The van der Waals surface area contributed by atoms with Gasteiger partial charge in [-0.2, -0.15) is 13.2 Å². The molecule has 4 aromatic heterocycles. The van der Waals surface area contributed by atoms with Crippen LogP contribution >= 0.6 is 11.3 Å². The van der Waals surface area contributed by atoms with Crippen LogP contribution in [0.1, 0.15) is 12.5 Å². The highest BCUT2D eigenvalue weighted by atomic mass is 32.2. The van der Waals surface area contributed by atoms with Gasteiger partial charge in [0, 0.05) is 24.8 Å². The number of thiophene rings is 1. The van der Waals surface area contributed by atoms with Gasteiger partial charge in [-0.15, -0.1) is 11.3 Å². The second-order valence-electron chi connectivity index (χ2n) is 5.83. The fourth-order valence-electron chi connectivity index (χ4n) is 2.86. The number of nitrogens with zero attached hydrogens (tertiary/aromatic N) is 4. The number of alkyl halides is 3. The number of pyridine rings is 2. The molecule has 0 aliphatic rings. The van der Waals surface area contributed by atoms with E-state index in [-0.39, 0.29) is 5.52 Å². The topological polar surface area (TPSA) is 66.7 Å². The lowest BCUT2D eigenvalue weighted by atomic mass is 10.2. The van der Waals surface area contributed by atoms with Gasteiger partial charge in [0.15, 0.2) is 22.1 Å². The standard InChI is InChI=1S/C17H13F3N4OS2/c1-3-27(25)14-12(21-7-9-4-5-26-13(9)14)16-23-11-6-10(17(18,19)20)8-22-15(11)24(16)2/h4-8H,3H2,1-2H3. The molecule has 1 unspecified atom stereocenters. The van der Waals surface area contributed by atoms with Crippen molar-refractivity contribution in [2.75, 3.05) is 5.75 Å². The SMILES string of the molecule is CC[S+]([O-])c1c(-c2nc3cc(C(F)(F)F)cnc3n2C)ncc2ccsc12. The first-order chi connectivity index (χ1) is 12.8. The Morgan fingerprint density at radius 2 is 2.04 bits per heavy atom. The van der Waals surface area contributed by atoms with Crippen LogP contribution < -0.4 is 0 Å². The molecule has 0 aromatic carbocycles. The van der Waals surface area contributed by atoms with Gasteiger partial charge in [0.05, 0.1) is 10.3 Å². The zero-order chi connectivity index (χ0) is 19.3. The van der Waals surface area contributed by atoms with Crippen LogP contribution in [0.25, 0.3) is 32.8 Å². The quantitative estimate of drug-likeness (QED) is 0.470. The number of aryl methyl sites for hydroxylation is 1. The molecule has 1 atom stereocenters. The van der Waals surface area contributed by atoms with Crippen LogP contribution in [-0.2, 0) is 24.4 Å². The number of hydrogen-bond donors (Lipinski definition) is 0. The molecular weight excluding hydrogens is 397 g/mol. The van der Waals surface area contributed by atoms with Gasteiger partial charge in [0.1, 0.15) is 11.3 Å². The summed E-state index contributed by atoms with van der Waals surface area (Å²) >= 11 is 0.141. The molecule has 0 amide bonds. The van der Waals surface area contributed by atoms with Gasteiger partial charge in [-0.05, 0) is 35.6 Å². The first-order valence-electron chi connectivity index (χ1n) is 7.96. The molecule has 0 saturated heterocycles. The number of hydrogen-bond acceptors (Lipinski definition) is 5. The fourth-order valence-corrected chi connectivity index (χ4v) is 5.07. The average Bonchev–Trinajstić information content (AvgIpc) is 3.23. The first-order valence-corrected chi connectivity index (χ1v) is 10.2. The Morgan fingerprint density at radius 1 is 1.26 bits per heavy atom. The van der Waals surface area contributed by atoms with E-state index < -0.39 is 22.9 Å². The zero-order valence-electron chi connectivity index (χ0n) is 14.2. The Kier molecular flexibility index (Phi) is 4.36. The van der Waals surface area contributed by atoms with Crippen LogP contribution in [0.3, 0.4) is 0 Å². The average molecular weight is 410 g/mol. The number of aromatic nitrogens is 4. The highest BCUT2D eigenvalue weighted by Crippen LogP contribution is 2.36. The third-order valence-electron chi connectivity index (χ3n) is 4.19. The summed E-state index contributed by atoms with van der Waals surface area (Å²) in [6, 6.07) is 2.85. The molecule has 4 aromatic rings. The minimum Gasteiger partial charge on any atom is -0.611 e. The third-order valence-corrected chi connectivity index (χ3v) is 6.64. The smallest absolute Gasteiger partial charge is 0.417 e. The van der Waals surface area contributed by atoms with Gasteiger partial charge in [-0.25, -0.2) is 15.0 Å². The lowest BCUT2D eigenvalue weighted by Crippen LogP contribution is -2.09. The lowest BCUT2D eigenvalue weighted by Gasteiger charge is -2.12. The second kappa shape index (κ2) is 6.47. The maximum atomic E-state index is 13.0. The molecule has 0 spiro atoms. The van der Waals surface area contributed by atoms with E-state index >= 15 is 0 Å². The van der Waals surface area contributed by atoms with Crippen molar-refractivity contribution in [2.45, 2.75) is 18.0 Å². The molecular formula is C17H13F3N4OS2. The molecule has 0 saturated carbocycles. The highest BCUT2D eigenvalue weighted by molar-refractivity contribution is 7.91. The van der Waals surface area contributed by atoms with E-state index in [1.54, 1.807) is 24.7 Å². The van der Waals surface area contributed by atoms with Gasteiger partial charge in [0.2, 0.25) is 0 Å². The van der Waals surface area contributed by atoms with E-state index in [0.717, 1.165) is 22.3 Å². The van der Waals surface area contributed by atoms with Gasteiger partial charge in [0.25, 0.3) is 0 Å². The van der Waals surface area contributed by atoms with Crippen molar-refractivity contribution < 1.29 is 17.7 Å². The minimum atomic E-state index is -4.50. The van der Waals surface area contributed by atoms with Crippen LogP contribution in [0.15, 0.2) is 34.8 Å². The van der Waals surface area contributed by atoms with E-state index in [1.165, 1.54) is 11.3 Å². The van der Waals surface area contributed by atoms with Crippen molar-refractivity contribution in [3.05, 3.63) is 35.5 Å². The fraction of sp³-hybridized carbons (Fsp3) is 0.235. The number of fused-ring (bicyclic) bond motifs is 2. The Hall–Kier alpha value is -2.17. The second-order valence-corrected chi connectivity index (χ2v) is 8.43. The van der Waals surface area contributed by atoms with E-state index in [0.29, 0.717) is 27.8 Å². The summed E-state index contributed by atoms with van der Waals surface area (Å²) < 4.78 is 54.1. The van der Waals surface area contributed by atoms with Crippen molar-refractivity contribution in [3.8, 4) is 11.5 Å². The monoisotopic (exact) mass is 410 g/mol. The molecule has 4 heterocycles. The predicted octanol–water partition coefficient (Wildman–Crippen LogP) is 4.39. The highest BCUT2D eigenvalue weighted by Gasteiger charge is 2.32. The third kappa shape index (κ3) is 2.97. The van der Waals surface area contributed by atoms with Gasteiger partial charge >= 0.3 is 6.18 Å². The van der Waals surface area contributed by atoms with Crippen LogP contribution in [-0.4, -0.2) is 29.8 Å². The van der Waals surface area contributed by atoms with Gasteiger partial charge < -0.3 is 9.12 Å². The normalized spacial score (nSPS) is 13.6. The van der Waals surface area contributed by atoms with Crippen molar-refractivity contribution in [1.29, 1.82) is 0 Å². The summed E-state index contributed by atoms with van der Waals surface area (Å²) in [6.07, 6.45) is -2.05. The van der Waals surface area contributed by atoms with Crippen LogP contribution in [0.5, 0.6) is 0 Å². The van der Waals surface area contributed by atoms with E-state index in [2.05, 4.69) is 15.0 Å².